The molecule has 1 saturated heterocycles. The van der Waals surface area contributed by atoms with Crippen LogP contribution in [0.5, 0.6) is 0 Å². The minimum atomic E-state index is -5.16. The first-order valence-electron chi connectivity index (χ1n) is 5.95. The monoisotopic (exact) mass is 329 g/mol. The van der Waals surface area contributed by atoms with Gasteiger partial charge in [0.2, 0.25) is 9.84 Å². The van der Waals surface area contributed by atoms with E-state index < -0.39 is 21.1 Å². The zero-order valence-electron chi connectivity index (χ0n) is 10.5. The first kappa shape index (κ1) is 15.5. The summed E-state index contributed by atoms with van der Waals surface area (Å²) in [6.07, 6.45) is 1.70. The van der Waals surface area contributed by atoms with Gasteiger partial charge in [-0.25, -0.2) is 13.4 Å². The third-order valence-electron chi connectivity index (χ3n) is 3.09. The highest BCUT2D eigenvalue weighted by Crippen LogP contribution is 2.24. The van der Waals surface area contributed by atoms with E-state index in [4.69, 9.17) is 0 Å². The highest BCUT2D eigenvalue weighted by Gasteiger charge is 2.45. The normalized spacial score (nSPS) is 18.4. The molecule has 10 heteroatoms. The fraction of sp³-hybridized carbons (Fsp3) is 0.700. The van der Waals surface area contributed by atoms with Gasteiger partial charge in [-0.2, -0.15) is 13.2 Å². The number of anilines is 1. The molecule has 1 aromatic heterocycles. The third kappa shape index (κ3) is 3.61. The number of hydrogen-bond donors (Lipinski definition) is 0. The Bertz CT molecular complexity index is 522. The van der Waals surface area contributed by atoms with Crippen LogP contribution in [0, 0.1) is 0 Å². The third-order valence-corrected chi connectivity index (χ3v) is 5.35. The Morgan fingerprint density at radius 2 is 1.90 bits per heavy atom. The predicted molar refractivity (Wildman–Crippen MR) is 70.6 cm³/mol. The second-order valence-electron chi connectivity index (χ2n) is 4.41. The summed E-state index contributed by atoms with van der Waals surface area (Å²) in [6, 6.07) is 0. The Labute approximate surface area is 118 Å². The number of rotatable bonds is 4. The summed E-state index contributed by atoms with van der Waals surface area (Å²) in [5, 5.41) is 2.74. The van der Waals surface area contributed by atoms with Crippen LogP contribution in [0.25, 0.3) is 0 Å². The minimum absolute atomic E-state index is 0.0897. The van der Waals surface area contributed by atoms with Crippen LogP contribution in [0.4, 0.5) is 18.3 Å². The number of hydrogen-bond acceptors (Lipinski definition) is 6. The van der Waals surface area contributed by atoms with Gasteiger partial charge in [0.05, 0.1) is 5.75 Å². The van der Waals surface area contributed by atoms with Gasteiger partial charge in [0, 0.05) is 44.3 Å². The molecule has 0 bridgehead atoms. The number of thiazole rings is 1. The van der Waals surface area contributed by atoms with Gasteiger partial charge in [0.25, 0.3) is 0 Å². The van der Waals surface area contributed by atoms with E-state index in [-0.39, 0.29) is 6.54 Å². The molecule has 2 rings (SSSR count). The topological polar surface area (TPSA) is 53.5 Å². The van der Waals surface area contributed by atoms with Crippen LogP contribution in [0.3, 0.4) is 0 Å². The smallest absolute Gasteiger partial charge is 0.346 e. The molecule has 1 aromatic rings. The molecule has 2 heterocycles. The van der Waals surface area contributed by atoms with Gasteiger partial charge in [0.1, 0.15) is 0 Å². The zero-order valence-corrected chi connectivity index (χ0v) is 12.1. The van der Waals surface area contributed by atoms with E-state index in [0.717, 1.165) is 5.13 Å². The van der Waals surface area contributed by atoms with Gasteiger partial charge >= 0.3 is 5.51 Å². The van der Waals surface area contributed by atoms with E-state index in [0.29, 0.717) is 26.2 Å². The van der Waals surface area contributed by atoms with Crippen LogP contribution >= 0.6 is 11.3 Å². The molecule has 114 valence electrons. The second kappa shape index (κ2) is 5.86. The molecule has 0 unspecified atom stereocenters. The maximum atomic E-state index is 12.2. The predicted octanol–water partition coefficient (Wildman–Crippen LogP) is 1.20. The summed E-state index contributed by atoms with van der Waals surface area (Å²) in [5.41, 5.74) is -5.16. The average molecular weight is 329 g/mol. The number of sulfone groups is 1. The Kier molecular flexibility index (Phi) is 4.55. The summed E-state index contributed by atoms with van der Waals surface area (Å²) >= 11 is 1.50. The Morgan fingerprint density at radius 3 is 2.40 bits per heavy atom. The Morgan fingerprint density at radius 1 is 1.25 bits per heavy atom. The molecule has 1 fully saturated rings. The van der Waals surface area contributed by atoms with Crippen molar-refractivity contribution in [1.82, 2.24) is 9.88 Å². The van der Waals surface area contributed by atoms with Crippen molar-refractivity contribution < 1.29 is 21.6 Å². The summed E-state index contributed by atoms with van der Waals surface area (Å²) in [5.74, 6) is -0.881. The van der Waals surface area contributed by atoms with Crippen molar-refractivity contribution in [3.63, 3.8) is 0 Å². The maximum Gasteiger partial charge on any atom is 0.497 e. The number of alkyl halides is 3. The van der Waals surface area contributed by atoms with Gasteiger partial charge in [-0.05, 0) is 0 Å². The Balaban J connectivity index is 1.81. The molecule has 0 saturated carbocycles. The SMILES string of the molecule is O=S(=O)(CCN1CCN(c2nccs2)CC1)C(F)(F)F. The van der Waals surface area contributed by atoms with Crippen LogP contribution in [0.15, 0.2) is 11.6 Å². The van der Waals surface area contributed by atoms with E-state index in [1.807, 2.05) is 10.3 Å². The van der Waals surface area contributed by atoms with Crippen molar-refractivity contribution in [2.24, 2.45) is 0 Å². The lowest BCUT2D eigenvalue weighted by Gasteiger charge is -2.34. The van der Waals surface area contributed by atoms with Crippen LogP contribution in [0.2, 0.25) is 0 Å². The molecular formula is C10H14F3N3O2S2. The van der Waals surface area contributed by atoms with Crippen molar-refractivity contribution in [3.8, 4) is 0 Å². The molecule has 0 aromatic carbocycles. The van der Waals surface area contributed by atoms with E-state index in [2.05, 4.69) is 4.98 Å². The van der Waals surface area contributed by atoms with Crippen molar-refractivity contribution in [2.75, 3.05) is 43.4 Å². The lowest BCUT2D eigenvalue weighted by Crippen LogP contribution is -2.48. The lowest BCUT2D eigenvalue weighted by atomic mass is 10.3. The second-order valence-corrected chi connectivity index (χ2v) is 7.38. The largest absolute Gasteiger partial charge is 0.497 e. The molecule has 0 atom stereocenters. The van der Waals surface area contributed by atoms with Gasteiger partial charge in [-0.15, -0.1) is 11.3 Å². The van der Waals surface area contributed by atoms with Crippen molar-refractivity contribution >= 4 is 26.3 Å². The summed E-state index contributed by atoms with van der Waals surface area (Å²) in [4.78, 5) is 7.93. The lowest BCUT2D eigenvalue weighted by molar-refractivity contribution is -0.0436. The molecule has 5 nitrogen and oxygen atoms in total. The number of nitrogens with zero attached hydrogens (tertiary/aromatic N) is 3. The van der Waals surface area contributed by atoms with E-state index in [1.165, 1.54) is 11.3 Å². The molecule has 0 aliphatic carbocycles. The summed E-state index contributed by atoms with van der Waals surface area (Å²) in [6.45, 7) is 2.26. The van der Waals surface area contributed by atoms with Gasteiger partial charge < -0.3 is 4.90 Å². The molecular weight excluding hydrogens is 315 g/mol. The highest BCUT2D eigenvalue weighted by molar-refractivity contribution is 7.92. The van der Waals surface area contributed by atoms with Gasteiger partial charge in [0.15, 0.2) is 5.13 Å². The number of halogens is 3. The van der Waals surface area contributed by atoms with E-state index in [1.54, 1.807) is 11.1 Å². The first-order chi connectivity index (χ1) is 9.29. The molecule has 0 spiro atoms. The summed E-state index contributed by atoms with van der Waals surface area (Å²) < 4.78 is 58.6. The van der Waals surface area contributed by atoms with Gasteiger partial charge in [-0.1, -0.05) is 0 Å². The average Bonchev–Trinajstić information content (AvgIpc) is 2.89. The molecule has 0 N–H and O–H groups in total. The highest BCUT2D eigenvalue weighted by atomic mass is 32.2. The summed E-state index contributed by atoms with van der Waals surface area (Å²) in [7, 11) is -5.02. The minimum Gasteiger partial charge on any atom is -0.346 e. The molecule has 20 heavy (non-hydrogen) atoms. The molecule has 1 aliphatic rings. The van der Waals surface area contributed by atoms with Crippen molar-refractivity contribution in [2.45, 2.75) is 5.51 Å². The first-order valence-corrected chi connectivity index (χ1v) is 8.48. The van der Waals surface area contributed by atoms with Crippen LogP contribution in [0.1, 0.15) is 0 Å². The van der Waals surface area contributed by atoms with E-state index in [9.17, 15) is 21.6 Å². The van der Waals surface area contributed by atoms with Crippen molar-refractivity contribution in [1.29, 1.82) is 0 Å². The van der Waals surface area contributed by atoms with Crippen LogP contribution in [-0.2, 0) is 9.84 Å². The van der Waals surface area contributed by atoms with Gasteiger partial charge in [-0.3, -0.25) is 4.90 Å². The molecule has 0 amide bonds. The molecule has 1 aliphatic heterocycles. The Hall–Kier alpha value is -0.870. The number of piperazine rings is 1. The maximum absolute atomic E-state index is 12.2. The quantitative estimate of drug-likeness (QED) is 0.831. The standard InChI is InChI=1S/C10H14F3N3O2S2/c11-10(12,13)20(17,18)8-6-15-2-4-16(5-3-15)9-14-1-7-19-9/h1,7H,2-6,8H2. The van der Waals surface area contributed by atoms with E-state index >= 15 is 0 Å². The van der Waals surface area contributed by atoms with Crippen LogP contribution in [-0.4, -0.2) is 62.3 Å². The zero-order chi connectivity index (χ0) is 14.8. The van der Waals surface area contributed by atoms with Crippen LogP contribution < -0.4 is 4.90 Å². The fourth-order valence-electron chi connectivity index (χ4n) is 1.90. The molecule has 0 radical (unpaired) electrons. The van der Waals surface area contributed by atoms with Crippen molar-refractivity contribution in [3.05, 3.63) is 11.6 Å². The fourth-order valence-corrected chi connectivity index (χ4v) is 3.33. The number of aromatic nitrogens is 1.